The first-order valence-corrected chi connectivity index (χ1v) is 10.8. The SMILES string of the molecule is CCCc1sc(NC(=O)c2cnn(Cc3ccccc3)c2Cl)nc1-c1ccccn1. The fourth-order valence-electron chi connectivity index (χ4n) is 3.06. The summed E-state index contributed by atoms with van der Waals surface area (Å²) in [6, 6.07) is 15.6. The summed E-state index contributed by atoms with van der Waals surface area (Å²) in [6.45, 7) is 2.61. The predicted octanol–water partition coefficient (Wildman–Crippen LogP) is 5.31. The van der Waals surface area contributed by atoms with Crippen LogP contribution in [0.3, 0.4) is 0 Å². The second kappa shape index (κ2) is 9.19. The van der Waals surface area contributed by atoms with E-state index in [0.29, 0.717) is 22.4 Å². The number of aryl methyl sites for hydroxylation is 1. The lowest BCUT2D eigenvalue weighted by atomic mass is 10.2. The molecule has 0 saturated carbocycles. The van der Waals surface area contributed by atoms with Gasteiger partial charge in [0.1, 0.15) is 10.8 Å². The number of hydrogen-bond acceptors (Lipinski definition) is 5. The van der Waals surface area contributed by atoms with Crippen molar-refractivity contribution in [3.05, 3.63) is 82.1 Å². The molecule has 152 valence electrons. The molecule has 1 amide bonds. The Kier molecular flexibility index (Phi) is 6.21. The molecule has 0 radical (unpaired) electrons. The van der Waals surface area contributed by atoms with Crippen LogP contribution in [0.2, 0.25) is 5.15 Å². The third kappa shape index (κ3) is 4.42. The van der Waals surface area contributed by atoms with E-state index in [1.807, 2.05) is 48.5 Å². The minimum atomic E-state index is -0.330. The Hall–Kier alpha value is -3.03. The second-order valence-corrected chi connectivity index (χ2v) is 8.14. The number of pyridine rings is 1. The highest BCUT2D eigenvalue weighted by atomic mass is 35.5. The van der Waals surface area contributed by atoms with E-state index < -0.39 is 0 Å². The van der Waals surface area contributed by atoms with Crippen molar-refractivity contribution in [2.75, 3.05) is 5.32 Å². The molecular formula is C22H20ClN5OS. The maximum atomic E-state index is 12.8. The molecule has 1 aromatic carbocycles. The summed E-state index contributed by atoms with van der Waals surface area (Å²) in [5.74, 6) is -0.330. The number of rotatable bonds is 7. The fraction of sp³-hybridized carbons (Fsp3) is 0.182. The molecule has 0 bridgehead atoms. The summed E-state index contributed by atoms with van der Waals surface area (Å²) >= 11 is 7.89. The van der Waals surface area contributed by atoms with Crippen molar-refractivity contribution in [2.45, 2.75) is 26.3 Å². The van der Waals surface area contributed by atoms with E-state index in [0.717, 1.165) is 34.7 Å². The fourth-order valence-corrected chi connectivity index (χ4v) is 4.36. The third-order valence-corrected chi connectivity index (χ3v) is 5.93. The second-order valence-electron chi connectivity index (χ2n) is 6.70. The molecule has 3 heterocycles. The quantitative estimate of drug-likeness (QED) is 0.425. The molecule has 0 aliphatic heterocycles. The number of carbonyl (C=O) groups is 1. The van der Waals surface area contributed by atoms with Crippen LogP contribution in [-0.2, 0) is 13.0 Å². The minimum absolute atomic E-state index is 0.298. The molecule has 0 aliphatic carbocycles. The van der Waals surface area contributed by atoms with Gasteiger partial charge in [-0.1, -0.05) is 61.3 Å². The summed E-state index contributed by atoms with van der Waals surface area (Å²) < 4.78 is 1.61. The largest absolute Gasteiger partial charge is 0.298 e. The van der Waals surface area contributed by atoms with Crippen LogP contribution in [-0.4, -0.2) is 25.7 Å². The van der Waals surface area contributed by atoms with Gasteiger partial charge in [-0.25, -0.2) is 9.67 Å². The number of halogens is 1. The number of aromatic nitrogens is 4. The topological polar surface area (TPSA) is 72.7 Å². The average Bonchev–Trinajstić information content (AvgIpc) is 3.33. The van der Waals surface area contributed by atoms with E-state index >= 15 is 0 Å². The van der Waals surface area contributed by atoms with E-state index in [1.165, 1.54) is 17.5 Å². The van der Waals surface area contributed by atoms with Crippen LogP contribution in [0.15, 0.2) is 60.9 Å². The minimum Gasteiger partial charge on any atom is -0.298 e. The van der Waals surface area contributed by atoms with Crippen molar-refractivity contribution in [1.29, 1.82) is 0 Å². The highest BCUT2D eigenvalue weighted by molar-refractivity contribution is 7.16. The number of anilines is 1. The molecule has 30 heavy (non-hydrogen) atoms. The number of benzene rings is 1. The van der Waals surface area contributed by atoms with Crippen LogP contribution < -0.4 is 5.32 Å². The summed E-state index contributed by atoms with van der Waals surface area (Å²) in [5.41, 5.74) is 2.98. The first kappa shape index (κ1) is 20.3. The first-order valence-electron chi connectivity index (χ1n) is 9.63. The molecular weight excluding hydrogens is 418 g/mol. The van der Waals surface area contributed by atoms with Crippen LogP contribution in [0.4, 0.5) is 5.13 Å². The Balaban J connectivity index is 1.54. The van der Waals surface area contributed by atoms with Crippen molar-refractivity contribution >= 4 is 34.0 Å². The maximum absolute atomic E-state index is 12.8. The summed E-state index contributed by atoms with van der Waals surface area (Å²) in [7, 11) is 0. The van der Waals surface area contributed by atoms with Crippen LogP contribution in [0.5, 0.6) is 0 Å². The molecule has 4 aromatic rings. The Morgan fingerprint density at radius 3 is 2.70 bits per heavy atom. The summed E-state index contributed by atoms with van der Waals surface area (Å²) in [4.78, 5) is 22.9. The highest BCUT2D eigenvalue weighted by Gasteiger charge is 2.20. The summed E-state index contributed by atoms with van der Waals surface area (Å²) in [5, 5.41) is 7.96. The number of thiazole rings is 1. The number of nitrogens with one attached hydrogen (secondary N) is 1. The number of amides is 1. The lowest BCUT2D eigenvalue weighted by Crippen LogP contribution is -2.12. The molecule has 0 fully saturated rings. The van der Waals surface area contributed by atoms with Gasteiger partial charge in [-0.15, -0.1) is 11.3 Å². The third-order valence-electron chi connectivity index (χ3n) is 4.50. The number of nitrogens with zero attached hydrogens (tertiary/aromatic N) is 4. The van der Waals surface area contributed by atoms with E-state index in [1.54, 1.807) is 10.9 Å². The molecule has 0 aliphatic rings. The number of hydrogen-bond donors (Lipinski definition) is 1. The molecule has 0 unspecified atom stereocenters. The van der Waals surface area contributed by atoms with Gasteiger partial charge in [0.25, 0.3) is 5.91 Å². The smallest absolute Gasteiger partial charge is 0.262 e. The molecule has 8 heteroatoms. The monoisotopic (exact) mass is 437 g/mol. The molecule has 0 saturated heterocycles. The maximum Gasteiger partial charge on any atom is 0.262 e. The van der Waals surface area contributed by atoms with Gasteiger partial charge in [0.2, 0.25) is 0 Å². The lowest BCUT2D eigenvalue weighted by molar-refractivity contribution is 0.102. The van der Waals surface area contributed by atoms with Crippen LogP contribution in [0.25, 0.3) is 11.4 Å². The van der Waals surface area contributed by atoms with Crippen molar-refractivity contribution in [1.82, 2.24) is 19.7 Å². The Bertz CT molecular complexity index is 1140. The van der Waals surface area contributed by atoms with Crippen molar-refractivity contribution in [3.8, 4) is 11.4 Å². The molecule has 1 N–H and O–H groups in total. The Morgan fingerprint density at radius 1 is 1.17 bits per heavy atom. The Morgan fingerprint density at radius 2 is 1.97 bits per heavy atom. The van der Waals surface area contributed by atoms with E-state index in [-0.39, 0.29) is 5.91 Å². The van der Waals surface area contributed by atoms with Gasteiger partial charge in [0, 0.05) is 11.1 Å². The van der Waals surface area contributed by atoms with Crippen LogP contribution in [0, 0.1) is 0 Å². The Labute approximate surface area is 183 Å². The van der Waals surface area contributed by atoms with Crippen molar-refractivity contribution in [2.24, 2.45) is 0 Å². The molecule has 4 rings (SSSR count). The number of carbonyl (C=O) groups excluding carboxylic acids is 1. The van der Waals surface area contributed by atoms with Gasteiger partial charge in [0.15, 0.2) is 5.13 Å². The van der Waals surface area contributed by atoms with E-state index in [2.05, 4.69) is 27.3 Å². The standard InChI is InChI=1S/C22H20ClN5OS/c1-2-8-18-19(17-11-6-7-12-24-17)26-22(30-18)27-21(29)16-13-25-28(20(16)23)14-15-9-4-3-5-10-15/h3-7,9-13H,2,8,14H2,1H3,(H,26,27,29). The van der Waals surface area contributed by atoms with Crippen molar-refractivity contribution in [3.63, 3.8) is 0 Å². The van der Waals surface area contributed by atoms with Gasteiger partial charge >= 0.3 is 0 Å². The van der Waals surface area contributed by atoms with E-state index in [4.69, 9.17) is 11.6 Å². The van der Waals surface area contributed by atoms with Crippen LogP contribution in [0.1, 0.15) is 34.1 Å². The van der Waals surface area contributed by atoms with Crippen molar-refractivity contribution < 1.29 is 4.79 Å². The molecule has 0 spiro atoms. The predicted molar refractivity (Wildman–Crippen MR) is 120 cm³/mol. The zero-order chi connectivity index (χ0) is 20.9. The first-order chi connectivity index (χ1) is 14.7. The van der Waals surface area contributed by atoms with E-state index in [9.17, 15) is 4.79 Å². The van der Waals surface area contributed by atoms with Gasteiger partial charge < -0.3 is 0 Å². The highest BCUT2D eigenvalue weighted by Crippen LogP contribution is 2.31. The van der Waals surface area contributed by atoms with Gasteiger partial charge in [-0.2, -0.15) is 5.10 Å². The van der Waals surface area contributed by atoms with Crippen LogP contribution >= 0.6 is 22.9 Å². The van der Waals surface area contributed by atoms with Gasteiger partial charge in [-0.05, 0) is 24.1 Å². The molecule has 6 nitrogen and oxygen atoms in total. The lowest BCUT2D eigenvalue weighted by Gasteiger charge is -2.04. The molecule has 0 atom stereocenters. The summed E-state index contributed by atoms with van der Waals surface area (Å²) in [6.07, 6.45) is 5.08. The zero-order valence-electron chi connectivity index (χ0n) is 16.4. The van der Waals surface area contributed by atoms with Gasteiger partial charge in [0.05, 0.1) is 24.0 Å². The van der Waals surface area contributed by atoms with Gasteiger partial charge in [-0.3, -0.25) is 15.1 Å². The molecule has 3 aromatic heterocycles. The average molecular weight is 438 g/mol. The normalized spacial score (nSPS) is 10.9. The zero-order valence-corrected chi connectivity index (χ0v) is 18.0.